The second-order valence-corrected chi connectivity index (χ2v) is 7.66. The fraction of sp³-hybridized carbons (Fsp3) is 0.550. The maximum Gasteiger partial charge on any atom is 0.325 e. The van der Waals surface area contributed by atoms with Crippen LogP contribution >= 0.6 is 11.6 Å². The molecule has 2 N–H and O–H groups in total. The highest BCUT2D eigenvalue weighted by atomic mass is 35.5. The molecule has 1 atom stereocenters. The first kappa shape index (κ1) is 21.2. The van der Waals surface area contributed by atoms with E-state index in [2.05, 4.69) is 17.6 Å². The van der Waals surface area contributed by atoms with Gasteiger partial charge in [-0.15, -0.1) is 0 Å². The van der Waals surface area contributed by atoms with Crippen LogP contribution in [0.5, 0.6) is 0 Å². The Morgan fingerprint density at radius 3 is 2.48 bits per heavy atom. The lowest BCUT2D eigenvalue weighted by Gasteiger charge is -2.21. The first-order chi connectivity index (χ1) is 12.9. The Kier molecular flexibility index (Phi) is 7.66. The molecule has 1 unspecified atom stereocenters. The Labute approximate surface area is 165 Å². The summed E-state index contributed by atoms with van der Waals surface area (Å²) in [6.45, 7) is 3.93. The van der Waals surface area contributed by atoms with Gasteiger partial charge in [-0.05, 0) is 31.0 Å². The number of rotatable bonds is 10. The van der Waals surface area contributed by atoms with E-state index in [1.165, 1.54) is 6.42 Å². The molecular formula is C20H28ClN3O3. The largest absolute Gasteiger partial charge is 0.350 e. The molecule has 1 saturated heterocycles. The Morgan fingerprint density at radius 2 is 1.81 bits per heavy atom. The summed E-state index contributed by atoms with van der Waals surface area (Å²) in [4.78, 5) is 38.0. The van der Waals surface area contributed by atoms with Gasteiger partial charge in [0.05, 0.1) is 0 Å². The quantitative estimate of drug-likeness (QED) is 0.470. The standard InChI is InChI=1S/C20H28ClN3O3/c1-3-4-5-6-7-12-20(2)18(26)24(19(27)23-20)14-17(25)22-13-15-8-10-16(21)11-9-15/h8-11H,3-7,12-14H2,1-2H3,(H,22,25)(H,23,27). The van der Waals surface area contributed by atoms with E-state index in [1.807, 2.05) is 12.1 Å². The van der Waals surface area contributed by atoms with Gasteiger partial charge in [0.2, 0.25) is 5.91 Å². The van der Waals surface area contributed by atoms with E-state index in [4.69, 9.17) is 11.6 Å². The second-order valence-electron chi connectivity index (χ2n) is 7.22. The number of imide groups is 1. The highest BCUT2D eigenvalue weighted by molar-refractivity contribution is 6.30. The molecule has 27 heavy (non-hydrogen) atoms. The molecule has 2 rings (SSSR count). The molecule has 4 amide bonds. The number of hydrogen-bond acceptors (Lipinski definition) is 3. The van der Waals surface area contributed by atoms with E-state index >= 15 is 0 Å². The van der Waals surface area contributed by atoms with Crippen molar-refractivity contribution in [2.24, 2.45) is 0 Å². The highest BCUT2D eigenvalue weighted by Crippen LogP contribution is 2.24. The van der Waals surface area contributed by atoms with Crippen LogP contribution in [0.15, 0.2) is 24.3 Å². The summed E-state index contributed by atoms with van der Waals surface area (Å²) in [5, 5.41) is 6.10. The van der Waals surface area contributed by atoms with Gasteiger partial charge < -0.3 is 10.6 Å². The molecule has 148 valence electrons. The van der Waals surface area contributed by atoms with Crippen molar-refractivity contribution >= 4 is 29.4 Å². The molecule has 0 aliphatic carbocycles. The summed E-state index contributed by atoms with van der Waals surface area (Å²) in [5.74, 6) is -0.703. The van der Waals surface area contributed by atoms with Crippen LogP contribution in [0.2, 0.25) is 5.02 Å². The van der Waals surface area contributed by atoms with Crippen LogP contribution in [-0.4, -0.2) is 34.8 Å². The predicted molar refractivity (Wildman–Crippen MR) is 105 cm³/mol. The molecule has 0 spiro atoms. The number of nitrogens with zero attached hydrogens (tertiary/aromatic N) is 1. The van der Waals surface area contributed by atoms with E-state index in [1.54, 1.807) is 19.1 Å². The fourth-order valence-corrected chi connectivity index (χ4v) is 3.27. The molecule has 1 aromatic rings. The fourth-order valence-electron chi connectivity index (χ4n) is 3.14. The van der Waals surface area contributed by atoms with E-state index in [-0.39, 0.29) is 18.4 Å². The van der Waals surface area contributed by atoms with E-state index < -0.39 is 11.6 Å². The van der Waals surface area contributed by atoms with Crippen molar-refractivity contribution in [2.45, 2.75) is 64.5 Å². The molecule has 7 heteroatoms. The minimum atomic E-state index is -0.917. The van der Waals surface area contributed by atoms with Crippen molar-refractivity contribution in [1.29, 1.82) is 0 Å². The lowest BCUT2D eigenvalue weighted by Crippen LogP contribution is -2.45. The third-order valence-corrected chi connectivity index (χ3v) is 5.08. The Morgan fingerprint density at radius 1 is 1.15 bits per heavy atom. The van der Waals surface area contributed by atoms with Crippen LogP contribution in [0.1, 0.15) is 57.9 Å². The van der Waals surface area contributed by atoms with Gasteiger partial charge in [0.25, 0.3) is 5.91 Å². The molecule has 1 aliphatic rings. The van der Waals surface area contributed by atoms with Crippen LogP contribution in [0, 0.1) is 0 Å². The smallest absolute Gasteiger partial charge is 0.325 e. The van der Waals surface area contributed by atoms with Crippen LogP contribution < -0.4 is 10.6 Å². The average Bonchev–Trinajstić information content (AvgIpc) is 2.84. The van der Waals surface area contributed by atoms with Crippen molar-refractivity contribution in [3.05, 3.63) is 34.9 Å². The molecule has 1 aromatic carbocycles. The SMILES string of the molecule is CCCCCCCC1(C)NC(=O)N(CC(=O)NCc2ccc(Cl)cc2)C1=O. The first-order valence-corrected chi connectivity index (χ1v) is 9.89. The number of hydrogen-bond donors (Lipinski definition) is 2. The summed E-state index contributed by atoms with van der Waals surface area (Å²) in [6.07, 6.45) is 5.96. The zero-order valence-electron chi connectivity index (χ0n) is 16.0. The molecular weight excluding hydrogens is 366 g/mol. The first-order valence-electron chi connectivity index (χ1n) is 9.51. The maximum absolute atomic E-state index is 12.7. The third-order valence-electron chi connectivity index (χ3n) is 4.83. The molecule has 1 aliphatic heterocycles. The molecule has 0 radical (unpaired) electrons. The van der Waals surface area contributed by atoms with Gasteiger partial charge in [-0.25, -0.2) is 4.79 Å². The maximum atomic E-state index is 12.7. The second kappa shape index (κ2) is 9.74. The number of benzene rings is 1. The van der Waals surface area contributed by atoms with Crippen molar-refractivity contribution in [2.75, 3.05) is 6.54 Å². The minimum Gasteiger partial charge on any atom is -0.350 e. The predicted octanol–water partition coefficient (Wildman–Crippen LogP) is 3.63. The molecule has 6 nitrogen and oxygen atoms in total. The Hall–Kier alpha value is -2.08. The van der Waals surface area contributed by atoms with Crippen molar-refractivity contribution in [1.82, 2.24) is 15.5 Å². The van der Waals surface area contributed by atoms with Gasteiger partial charge >= 0.3 is 6.03 Å². The summed E-state index contributed by atoms with van der Waals surface area (Å²) >= 11 is 5.83. The van der Waals surface area contributed by atoms with Crippen LogP contribution in [0.25, 0.3) is 0 Å². The molecule has 0 aromatic heterocycles. The van der Waals surface area contributed by atoms with Crippen molar-refractivity contribution < 1.29 is 14.4 Å². The van der Waals surface area contributed by atoms with Crippen molar-refractivity contribution in [3.63, 3.8) is 0 Å². The van der Waals surface area contributed by atoms with Gasteiger partial charge in [-0.2, -0.15) is 0 Å². The average molecular weight is 394 g/mol. The van der Waals surface area contributed by atoms with Gasteiger partial charge in [-0.1, -0.05) is 62.8 Å². The Bertz CT molecular complexity index is 678. The monoisotopic (exact) mass is 393 g/mol. The zero-order chi connectivity index (χ0) is 19.9. The molecule has 1 heterocycles. The summed E-state index contributed by atoms with van der Waals surface area (Å²) in [7, 11) is 0. The van der Waals surface area contributed by atoms with E-state index in [0.717, 1.165) is 36.1 Å². The van der Waals surface area contributed by atoms with E-state index in [0.29, 0.717) is 18.0 Å². The van der Waals surface area contributed by atoms with Gasteiger partial charge in [0.1, 0.15) is 12.1 Å². The molecule has 1 fully saturated rings. The summed E-state index contributed by atoms with van der Waals surface area (Å²) in [5.41, 5.74) is -0.0263. The van der Waals surface area contributed by atoms with Crippen LogP contribution in [0.4, 0.5) is 4.79 Å². The van der Waals surface area contributed by atoms with E-state index in [9.17, 15) is 14.4 Å². The number of amides is 4. The number of halogens is 1. The van der Waals surface area contributed by atoms with Crippen molar-refractivity contribution in [3.8, 4) is 0 Å². The third kappa shape index (κ3) is 5.96. The highest BCUT2D eigenvalue weighted by Gasteiger charge is 2.47. The van der Waals surface area contributed by atoms with Crippen LogP contribution in [0.3, 0.4) is 0 Å². The normalized spacial score (nSPS) is 19.3. The molecule has 0 saturated carbocycles. The van der Waals surface area contributed by atoms with Crippen LogP contribution in [-0.2, 0) is 16.1 Å². The lowest BCUT2D eigenvalue weighted by atomic mass is 9.94. The number of carbonyl (C=O) groups is 3. The zero-order valence-corrected chi connectivity index (χ0v) is 16.8. The minimum absolute atomic E-state index is 0.274. The number of carbonyl (C=O) groups excluding carboxylic acids is 3. The topological polar surface area (TPSA) is 78.5 Å². The number of nitrogens with one attached hydrogen (secondary N) is 2. The van der Waals surface area contributed by atoms with Gasteiger partial charge in [-0.3, -0.25) is 14.5 Å². The Balaban J connectivity index is 1.82. The van der Waals surface area contributed by atoms with Gasteiger partial charge in [0, 0.05) is 11.6 Å². The molecule has 0 bridgehead atoms. The lowest BCUT2D eigenvalue weighted by molar-refractivity contribution is -0.134. The number of urea groups is 1. The summed E-state index contributed by atoms with van der Waals surface area (Å²) < 4.78 is 0. The van der Waals surface area contributed by atoms with Gasteiger partial charge in [0.15, 0.2) is 0 Å². The number of unbranched alkanes of at least 4 members (excludes halogenated alkanes) is 4. The summed E-state index contributed by atoms with van der Waals surface area (Å²) in [6, 6.07) is 6.61.